The Balaban J connectivity index is 1.07. The van der Waals surface area contributed by atoms with E-state index >= 15 is 0 Å². The summed E-state index contributed by atoms with van der Waals surface area (Å²) in [5.41, 5.74) is 2.84. The summed E-state index contributed by atoms with van der Waals surface area (Å²) in [6.07, 6.45) is 5.56. The minimum absolute atomic E-state index is 0.0688. The van der Waals surface area contributed by atoms with Gasteiger partial charge in [-0.2, -0.15) is 0 Å². The van der Waals surface area contributed by atoms with Crippen LogP contribution in [0.15, 0.2) is 42.9 Å². The lowest BCUT2D eigenvalue weighted by atomic mass is 9.87. The maximum absolute atomic E-state index is 12.3. The lowest BCUT2D eigenvalue weighted by Gasteiger charge is -2.23. The van der Waals surface area contributed by atoms with E-state index in [0.717, 1.165) is 48.3 Å². The van der Waals surface area contributed by atoms with E-state index in [1.54, 1.807) is 6.33 Å². The fourth-order valence-electron chi connectivity index (χ4n) is 5.60. The molecule has 1 aromatic carbocycles. The van der Waals surface area contributed by atoms with Crippen LogP contribution >= 0.6 is 0 Å². The summed E-state index contributed by atoms with van der Waals surface area (Å²) in [4.78, 5) is 23.4. The van der Waals surface area contributed by atoms with Gasteiger partial charge in [-0.15, -0.1) is 0 Å². The number of benzene rings is 1. The second kappa shape index (κ2) is 11.7. The number of aliphatic hydroxyl groups excluding tert-OH is 2. The molecule has 10 heteroatoms. The number of carbonyl (C=O) groups excluding carboxylic acids is 1. The Kier molecular flexibility index (Phi) is 8.30. The lowest BCUT2D eigenvalue weighted by molar-refractivity contribution is 0.00170. The van der Waals surface area contributed by atoms with E-state index in [0.29, 0.717) is 25.6 Å². The predicted octanol–water partition coefficient (Wildman–Crippen LogP) is 3.73. The van der Waals surface area contributed by atoms with Gasteiger partial charge in [0.05, 0.1) is 17.5 Å². The third-order valence-electron chi connectivity index (χ3n) is 8.11. The van der Waals surface area contributed by atoms with Crippen LogP contribution in [-0.2, 0) is 5.41 Å². The zero-order valence-corrected chi connectivity index (χ0v) is 24.0. The number of anilines is 2. The molecular formula is C30H43N7O3. The van der Waals surface area contributed by atoms with Crippen molar-refractivity contribution in [2.75, 3.05) is 37.3 Å². The Labute approximate surface area is 236 Å². The van der Waals surface area contributed by atoms with Crippen molar-refractivity contribution < 1.29 is 15.0 Å². The van der Waals surface area contributed by atoms with Crippen molar-refractivity contribution in [1.82, 2.24) is 24.8 Å². The molecule has 216 valence electrons. The first kappa shape index (κ1) is 28.3. The molecular weight excluding hydrogens is 506 g/mol. The van der Waals surface area contributed by atoms with Gasteiger partial charge in [-0.25, -0.2) is 14.8 Å². The van der Waals surface area contributed by atoms with Gasteiger partial charge in [-0.3, -0.25) is 0 Å². The monoisotopic (exact) mass is 549 g/mol. The van der Waals surface area contributed by atoms with Gasteiger partial charge < -0.3 is 35.6 Å². The topological polar surface area (TPSA) is 128 Å². The Morgan fingerprint density at radius 3 is 2.55 bits per heavy atom. The highest BCUT2D eigenvalue weighted by molar-refractivity contribution is 5.89. The first-order chi connectivity index (χ1) is 19.1. The van der Waals surface area contributed by atoms with E-state index in [1.807, 2.05) is 48.1 Å². The fourth-order valence-corrected chi connectivity index (χ4v) is 5.60. The molecule has 0 radical (unpaired) electrons. The fraction of sp³-hybridized carbons (Fsp3) is 0.567. The first-order valence-electron chi connectivity index (χ1n) is 14.4. The highest BCUT2D eigenvalue weighted by Crippen LogP contribution is 2.38. The van der Waals surface area contributed by atoms with Crippen molar-refractivity contribution >= 4 is 28.6 Å². The molecule has 10 nitrogen and oxygen atoms in total. The average molecular weight is 550 g/mol. The van der Waals surface area contributed by atoms with Crippen molar-refractivity contribution in [1.29, 1.82) is 0 Å². The van der Waals surface area contributed by atoms with Gasteiger partial charge in [0.15, 0.2) is 0 Å². The maximum Gasteiger partial charge on any atom is 0.319 e. The molecule has 2 saturated carbocycles. The van der Waals surface area contributed by atoms with E-state index in [1.165, 1.54) is 5.56 Å². The van der Waals surface area contributed by atoms with Crippen LogP contribution < -0.4 is 16.0 Å². The third-order valence-corrected chi connectivity index (χ3v) is 8.11. The summed E-state index contributed by atoms with van der Waals surface area (Å²) in [6, 6.07) is 9.93. The molecule has 2 aromatic heterocycles. The third kappa shape index (κ3) is 6.56. The molecule has 2 amide bonds. The summed E-state index contributed by atoms with van der Waals surface area (Å²) in [5.74, 6) is 0.761. The number of carbonyl (C=O) groups is 1. The molecule has 0 bridgehead atoms. The normalized spacial score (nSPS) is 23.1. The number of amides is 2. The highest BCUT2D eigenvalue weighted by atomic mass is 16.3. The number of urea groups is 1. The molecule has 0 saturated heterocycles. The van der Waals surface area contributed by atoms with Gasteiger partial charge in [0.2, 0.25) is 0 Å². The Morgan fingerprint density at radius 1 is 1.10 bits per heavy atom. The van der Waals surface area contributed by atoms with Crippen LogP contribution in [0.1, 0.15) is 58.1 Å². The molecule has 3 aromatic rings. The molecule has 0 aliphatic heterocycles. The van der Waals surface area contributed by atoms with Gasteiger partial charge in [0.1, 0.15) is 23.9 Å². The number of aliphatic hydroxyl groups is 2. The van der Waals surface area contributed by atoms with E-state index in [9.17, 15) is 15.0 Å². The molecule has 5 N–H and O–H groups in total. The zero-order chi connectivity index (χ0) is 28.4. The summed E-state index contributed by atoms with van der Waals surface area (Å²) >= 11 is 0. The van der Waals surface area contributed by atoms with E-state index < -0.39 is 12.2 Å². The molecule has 40 heavy (non-hydrogen) atoms. The van der Waals surface area contributed by atoms with E-state index in [2.05, 4.69) is 51.6 Å². The Morgan fingerprint density at radius 2 is 1.85 bits per heavy atom. The van der Waals surface area contributed by atoms with Crippen molar-refractivity contribution in [3.05, 3.63) is 48.4 Å². The van der Waals surface area contributed by atoms with Gasteiger partial charge in [-0.1, -0.05) is 32.9 Å². The first-order valence-corrected chi connectivity index (χ1v) is 14.4. The van der Waals surface area contributed by atoms with Crippen LogP contribution in [0.4, 0.5) is 16.3 Å². The standard InChI is InChI=1S/C30H43N7O3/c1-30(2,3)20-6-8-22(9-7-20)35-29(40)31-13-5-14-36(4)17-19-16-24(26(39)25(19)38)37-15-12-23-27(34-21-10-11-21)32-18-33-28(23)37/h6-9,12,15,18-19,21,24-26,38-39H,5,10-11,13-14,16-17H2,1-4H3,(H2,31,35,40)(H,32,33,34)/t19-,24-,25-,26+/m1/s1. The van der Waals surface area contributed by atoms with Crippen LogP contribution in [0, 0.1) is 5.92 Å². The Hall–Kier alpha value is -3.21. The summed E-state index contributed by atoms with van der Waals surface area (Å²) < 4.78 is 1.99. The van der Waals surface area contributed by atoms with Crippen molar-refractivity contribution in [3.63, 3.8) is 0 Å². The average Bonchev–Trinajstić information content (AvgIpc) is 3.56. The summed E-state index contributed by atoms with van der Waals surface area (Å²) in [7, 11) is 2.01. The summed E-state index contributed by atoms with van der Waals surface area (Å²) in [5, 5.41) is 32.0. The van der Waals surface area contributed by atoms with Crippen LogP contribution in [0.2, 0.25) is 0 Å². The zero-order valence-electron chi connectivity index (χ0n) is 24.0. The number of rotatable bonds is 10. The SMILES string of the molecule is CN(CCCNC(=O)Nc1ccc(C(C)(C)C)cc1)C[C@H]1C[C@@H](n2ccc3c(NC4CC4)ncnc32)[C@H](O)[C@@H]1O. The smallest absolute Gasteiger partial charge is 0.319 e. The quantitative estimate of drug-likeness (QED) is 0.244. The molecule has 0 unspecified atom stereocenters. The second-order valence-electron chi connectivity index (χ2n) is 12.5. The molecule has 2 fully saturated rings. The van der Waals surface area contributed by atoms with Crippen molar-refractivity contribution in [3.8, 4) is 0 Å². The van der Waals surface area contributed by atoms with Crippen LogP contribution in [0.5, 0.6) is 0 Å². The minimum atomic E-state index is -0.869. The number of aromatic nitrogens is 3. The maximum atomic E-state index is 12.3. The number of hydrogen-bond acceptors (Lipinski definition) is 7. The second-order valence-corrected chi connectivity index (χ2v) is 12.5. The van der Waals surface area contributed by atoms with E-state index in [4.69, 9.17) is 0 Å². The van der Waals surface area contributed by atoms with Crippen molar-refractivity contribution in [2.24, 2.45) is 5.92 Å². The van der Waals surface area contributed by atoms with Gasteiger partial charge in [0.25, 0.3) is 0 Å². The van der Waals surface area contributed by atoms with Crippen LogP contribution in [0.25, 0.3) is 11.0 Å². The lowest BCUT2D eigenvalue weighted by Crippen LogP contribution is -2.36. The molecule has 2 aliphatic rings. The van der Waals surface area contributed by atoms with Gasteiger partial charge in [-0.05, 0) is 68.5 Å². The number of nitrogens with one attached hydrogen (secondary N) is 3. The van der Waals surface area contributed by atoms with Crippen LogP contribution in [0.3, 0.4) is 0 Å². The van der Waals surface area contributed by atoms with E-state index in [-0.39, 0.29) is 23.4 Å². The predicted molar refractivity (Wildman–Crippen MR) is 158 cm³/mol. The Bertz CT molecular complexity index is 1300. The molecule has 2 aliphatic carbocycles. The number of fused-ring (bicyclic) bond motifs is 1. The van der Waals surface area contributed by atoms with Crippen molar-refractivity contribution in [2.45, 2.75) is 76.2 Å². The van der Waals surface area contributed by atoms with Gasteiger partial charge >= 0.3 is 6.03 Å². The highest BCUT2D eigenvalue weighted by Gasteiger charge is 2.43. The molecule has 5 rings (SSSR count). The van der Waals surface area contributed by atoms with Crippen LogP contribution in [-0.4, -0.2) is 80.6 Å². The minimum Gasteiger partial charge on any atom is -0.390 e. The van der Waals surface area contributed by atoms with Gasteiger partial charge in [0, 0.05) is 36.9 Å². The molecule has 0 spiro atoms. The number of hydrogen-bond donors (Lipinski definition) is 5. The molecule has 4 atom stereocenters. The molecule has 2 heterocycles. The number of nitrogens with zero attached hydrogens (tertiary/aromatic N) is 4. The summed E-state index contributed by atoms with van der Waals surface area (Å²) in [6.45, 7) is 8.45. The largest absolute Gasteiger partial charge is 0.390 e.